The number of rotatable bonds is 5. The van der Waals surface area contributed by atoms with Gasteiger partial charge in [0.1, 0.15) is 5.75 Å². The first-order valence-corrected chi connectivity index (χ1v) is 6.31. The van der Waals surface area contributed by atoms with E-state index in [-0.39, 0.29) is 25.1 Å². The SMILES string of the molecule is COc1cccc(Cn2cc(CCO)c(C(F)(F)F)n2)c1. The lowest BCUT2D eigenvalue weighted by Crippen LogP contribution is -2.11. The Kier molecular flexibility index (Phi) is 4.52. The number of ether oxygens (including phenoxy) is 1. The molecule has 0 unspecified atom stereocenters. The standard InChI is InChI=1S/C14H15F3N2O2/c1-21-12-4-2-3-10(7-12)8-19-9-11(5-6-20)13(18-19)14(15,16)17/h2-4,7,9,20H,5-6,8H2,1H3. The van der Waals surface area contributed by atoms with E-state index in [1.165, 1.54) is 18.0 Å². The molecule has 0 fully saturated rings. The van der Waals surface area contributed by atoms with Crippen LogP contribution in [0.5, 0.6) is 5.75 Å². The zero-order valence-corrected chi connectivity index (χ0v) is 11.4. The van der Waals surface area contributed by atoms with Crippen LogP contribution in [0.15, 0.2) is 30.5 Å². The third-order valence-electron chi connectivity index (χ3n) is 2.97. The summed E-state index contributed by atoms with van der Waals surface area (Å²) in [7, 11) is 1.52. The highest BCUT2D eigenvalue weighted by Crippen LogP contribution is 2.31. The quantitative estimate of drug-likeness (QED) is 0.923. The molecule has 0 aliphatic carbocycles. The van der Waals surface area contributed by atoms with Crippen molar-refractivity contribution in [2.24, 2.45) is 0 Å². The first kappa shape index (κ1) is 15.4. The Bertz CT molecular complexity index is 609. The number of aliphatic hydroxyl groups excluding tert-OH is 1. The molecular weight excluding hydrogens is 285 g/mol. The molecule has 21 heavy (non-hydrogen) atoms. The fourth-order valence-corrected chi connectivity index (χ4v) is 2.04. The van der Waals surface area contributed by atoms with E-state index in [1.54, 1.807) is 24.3 Å². The van der Waals surface area contributed by atoms with Crippen molar-refractivity contribution >= 4 is 0 Å². The maximum absolute atomic E-state index is 12.9. The Morgan fingerprint density at radius 3 is 2.71 bits per heavy atom. The molecule has 0 radical (unpaired) electrons. The minimum absolute atomic E-state index is 0.00658. The van der Waals surface area contributed by atoms with E-state index >= 15 is 0 Å². The van der Waals surface area contributed by atoms with Gasteiger partial charge in [-0.3, -0.25) is 4.68 Å². The fourth-order valence-electron chi connectivity index (χ4n) is 2.04. The molecule has 114 valence electrons. The number of alkyl halides is 3. The second-order valence-electron chi connectivity index (χ2n) is 4.52. The lowest BCUT2D eigenvalue weighted by atomic mass is 10.2. The van der Waals surface area contributed by atoms with E-state index in [4.69, 9.17) is 9.84 Å². The third kappa shape index (κ3) is 3.75. The highest BCUT2D eigenvalue weighted by atomic mass is 19.4. The van der Waals surface area contributed by atoms with Crippen LogP contribution in [-0.2, 0) is 19.1 Å². The van der Waals surface area contributed by atoms with Crippen LogP contribution in [-0.4, -0.2) is 28.6 Å². The summed E-state index contributed by atoms with van der Waals surface area (Å²) >= 11 is 0. The number of methoxy groups -OCH3 is 1. The van der Waals surface area contributed by atoms with E-state index in [0.29, 0.717) is 5.75 Å². The van der Waals surface area contributed by atoms with Crippen LogP contribution in [0, 0.1) is 0 Å². The Hall–Kier alpha value is -2.02. The van der Waals surface area contributed by atoms with Crippen LogP contribution < -0.4 is 4.74 Å². The Balaban J connectivity index is 2.27. The first-order chi connectivity index (χ1) is 9.94. The van der Waals surface area contributed by atoms with Crippen LogP contribution in [0.25, 0.3) is 0 Å². The number of nitrogens with zero attached hydrogens (tertiary/aromatic N) is 2. The van der Waals surface area contributed by atoms with E-state index in [9.17, 15) is 13.2 Å². The summed E-state index contributed by atoms with van der Waals surface area (Å²) in [5.41, 5.74) is -0.173. The van der Waals surface area contributed by atoms with E-state index in [1.807, 2.05) is 0 Å². The number of aliphatic hydroxyl groups is 1. The van der Waals surface area contributed by atoms with Crippen molar-refractivity contribution in [1.29, 1.82) is 0 Å². The highest BCUT2D eigenvalue weighted by Gasteiger charge is 2.36. The number of hydrogen-bond donors (Lipinski definition) is 1. The molecule has 0 saturated heterocycles. The van der Waals surface area contributed by atoms with Crippen molar-refractivity contribution in [3.05, 3.63) is 47.3 Å². The van der Waals surface area contributed by atoms with Gasteiger partial charge >= 0.3 is 6.18 Å². The summed E-state index contributed by atoms with van der Waals surface area (Å²) in [4.78, 5) is 0. The molecule has 0 aliphatic heterocycles. The van der Waals surface area contributed by atoms with Gasteiger partial charge in [-0.15, -0.1) is 0 Å². The summed E-state index contributed by atoms with van der Waals surface area (Å²) in [6.45, 7) is -0.153. The van der Waals surface area contributed by atoms with Gasteiger partial charge in [-0.05, 0) is 24.1 Å². The van der Waals surface area contributed by atoms with Crippen molar-refractivity contribution in [1.82, 2.24) is 9.78 Å². The lowest BCUT2D eigenvalue weighted by molar-refractivity contribution is -0.142. The third-order valence-corrected chi connectivity index (χ3v) is 2.97. The van der Waals surface area contributed by atoms with E-state index < -0.39 is 11.9 Å². The second-order valence-corrected chi connectivity index (χ2v) is 4.52. The van der Waals surface area contributed by atoms with Crippen LogP contribution in [0.1, 0.15) is 16.8 Å². The molecular formula is C14H15F3N2O2. The smallest absolute Gasteiger partial charge is 0.435 e. The van der Waals surface area contributed by atoms with Gasteiger partial charge in [0.25, 0.3) is 0 Å². The maximum Gasteiger partial charge on any atom is 0.435 e. The van der Waals surface area contributed by atoms with Gasteiger partial charge in [0.05, 0.1) is 13.7 Å². The van der Waals surface area contributed by atoms with E-state index in [2.05, 4.69) is 5.10 Å². The number of benzene rings is 1. The topological polar surface area (TPSA) is 47.3 Å². The highest BCUT2D eigenvalue weighted by molar-refractivity contribution is 5.29. The maximum atomic E-state index is 12.9. The lowest BCUT2D eigenvalue weighted by Gasteiger charge is -2.05. The molecule has 1 N–H and O–H groups in total. The molecule has 2 rings (SSSR count). The predicted octanol–water partition coefficient (Wildman–Crippen LogP) is 2.49. The average Bonchev–Trinajstić information content (AvgIpc) is 2.82. The van der Waals surface area contributed by atoms with Crippen molar-refractivity contribution in [3.63, 3.8) is 0 Å². The summed E-state index contributed by atoms with van der Waals surface area (Å²) in [5.74, 6) is 0.631. The van der Waals surface area contributed by atoms with Gasteiger partial charge in [0.15, 0.2) is 5.69 Å². The van der Waals surface area contributed by atoms with Gasteiger partial charge in [-0.25, -0.2) is 0 Å². The Morgan fingerprint density at radius 1 is 1.33 bits per heavy atom. The molecule has 0 spiro atoms. The molecule has 1 aromatic heterocycles. The van der Waals surface area contributed by atoms with Crippen LogP contribution in [0.3, 0.4) is 0 Å². The molecule has 0 aliphatic rings. The monoisotopic (exact) mass is 300 g/mol. The largest absolute Gasteiger partial charge is 0.497 e. The summed E-state index contributed by atoms with van der Waals surface area (Å²) < 4.78 is 44.9. The van der Waals surface area contributed by atoms with Crippen LogP contribution in [0.4, 0.5) is 13.2 Å². The van der Waals surface area contributed by atoms with Gasteiger partial charge in [-0.1, -0.05) is 12.1 Å². The minimum Gasteiger partial charge on any atom is -0.497 e. The van der Waals surface area contributed by atoms with Gasteiger partial charge in [-0.2, -0.15) is 18.3 Å². The molecule has 7 heteroatoms. The summed E-state index contributed by atoms with van der Waals surface area (Å²) in [6.07, 6.45) is -3.28. The molecule has 1 heterocycles. The normalized spacial score (nSPS) is 11.7. The van der Waals surface area contributed by atoms with Crippen molar-refractivity contribution < 1.29 is 23.0 Å². The van der Waals surface area contributed by atoms with Crippen LogP contribution >= 0.6 is 0 Å². The molecule has 0 saturated carbocycles. The van der Waals surface area contributed by atoms with E-state index in [0.717, 1.165) is 5.56 Å². The van der Waals surface area contributed by atoms with Crippen molar-refractivity contribution in [3.8, 4) is 5.75 Å². The molecule has 0 amide bonds. The zero-order chi connectivity index (χ0) is 15.5. The second kappa shape index (κ2) is 6.17. The number of hydrogen-bond acceptors (Lipinski definition) is 3. The minimum atomic E-state index is -4.52. The van der Waals surface area contributed by atoms with Crippen LogP contribution in [0.2, 0.25) is 0 Å². The number of halogens is 3. The molecule has 2 aromatic rings. The zero-order valence-electron chi connectivity index (χ0n) is 11.4. The number of aromatic nitrogens is 2. The molecule has 0 bridgehead atoms. The van der Waals surface area contributed by atoms with Crippen molar-refractivity contribution in [2.75, 3.05) is 13.7 Å². The first-order valence-electron chi connectivity index (χ1n) is 6.31. The average molecular weight is 300 g/mol. The molecule has 4 nitrogen and oxygen atoms in total. The molecule has 1 aromatic carbocycles. The van der Waals surface area contributed by atoms with Crippen molar-refractivity contribution in [2.45, 2.75) is 19.1 Å². The Labute approximate surface area is 119 Å². The predicted molar refractivity (Wildman–Crippen MR) is 70.1 cm³/mol. The van der Waals surface area contributed by atoms with Gasteiger partial charge in [0.2, 0.25) is 0 Å². The summed E-state index contributed by atoms with van der Waals surface area (Å²) in [5, 5.41) is 12.4. The van der Waals surface area contributed by atoms with Gasteiger partial charge in [0, 0.05) is 18.4 Å². The molecule has 0 atom stereocenters. The Morgan fingerprint density at radius 2 is 2.10 bits per heavy atom. The van der Waals surface area contributed by atoms with Gasteiger partial charge < -0.3 is 9.84 Å². The summed E-state index contributed by atoms with van der Waals surface area (Å²) in [6, 6.07) is 7.03. The fraction of sp³-hybridized carbons (Fsp3) is 0.357.